The molecule has 0 spiro atoms. The van der Waals surface area contributed by atoms with Crippen molar-refractivity contribution in [3.63, 3.8) is 0 Å². The smallest absolute Gasteiger partial charge is 0.358 e. The third-order valence-electron chi connectivity index (χ3n) is 2.48. The van der Waals surface area contributed by atoms with Crippen molar-refractivity contribution in [1.82, 2.24) is 15.0 Å². The lowest BCUT2D eigenvalue weighted by molar-refractivity contribution is 0.0689. The van der Waals surface area contributed by atoms with Crippen LogP contribution in [-0.2, 0) is 9.84 Å². The lowest BCUT2D eigenvalue weighted by Crippen LogP contribution is -2.03. The molecule has 7 nitrogen and oxygen atoms in total. The molecule has 0 aliphatic rings. The Balaban J connectivity index is 2.43. The van der Waals surface area contributed by atoms with Crippen molar-refractivity contribution in [2.75, 3.05) is 6.26 Å². The maximum atomic E-state index is 11.3. The molecule has 2 aromatic rings. The number of carboxylic acid groups (broad SMARTS) is 1. The van der Waals surface area contributed by atoms with Gasteiger partial charge in [-0.25, -0.2) is 13.2 Å². The summed E-state index contributed by atoms with van der Waals surface area (Å²) in [5, 5.41) is 16.7. The molecule has 0 atom stereocenters. The van der Waals surface area contributed by atoms with E-state index in [0.29, 0.717) is 11.4 Å². The van der Waals surface area contributed by atoms with Crippen molar-refractivity contribution in [1.29, 1.82) is 0 Å². The molecule has 2 rings (SSSR count). The minimum atomic E-state index is -3.26. The summed E-state index contributed by atoms with van der Waals surface area (Å²) in [4.78, 5) is 12.2. The summed E-state index contributed by atoms with van der Waals surface area (Å²) in [6.45, 7) is 1.54. The van der Waals surface area contributed by atoms with Gasteiger partial charge in [-0.3, -0.25) is 0 Å². The van der Waals surface area contributed by atoms with Gasteiger partial charge >= 0.3 is 5.97 Å². The summed E-state index contributed by atoms with van der Waals surface area (Å²) >= 11 is 0. The number of benzene rings is 1. The summed E-state index contributed by atoms with van der Waals surface area (Å²) in [5.41, 5.74) is 0.648. The molecule has 8 heteroatoms. The molecule has 0 saturated carbocycles. The first kappa shape index (κ1) is 13.2. The fourth-order valence-electron chi connectivity index (χ4n) is 1.52. The first-order valence-corrected chi connectivity index (χ1v) is 7.16. The number of hydrogen-bond acceptors (Lipinski definition) is 5. The van der Waals surface area contributed by atoms with Crippen molar-refractivity contribution in [2.45, 2.75) is 11.8 Å². The minimum Gasteiger partial charge on any atom is -0.476 e. The topological polar surface area (TPSA) is 102 Å². The van der Waals surface area contributed by atoms with Gasteiger partial charge in [0.1, 0.15) is 0 Å². The Morgan fingerprint density at radius 2 is 1.79 bits per heavy atom. The average Bonchev–Trinajstić information content (AvgIpc) is 2.70. The molecule has 0 bridgehead atoms. The van der Waals surface area contributed by atoms with E-state index in [1.165, 1.54) is 31.2 Å². The highest BCUT2D eigenvalue weighted by molar-refractivity contribution is 7.90. The van der Waals surface area contributed by atoms with Gasteiger partial charge in [-0.15, -0.1) is 5.10 Å². The van der Waals surface area contributed by atoms with E-state index in [4.69, 9.17) is 5.11 Å². The lowest BCUT2D eigenvalue weighted by atomic mass is 10.3. The van der Waals surface area contributed by atoms with Crippen LogP contribution in [0.1, 0.15) is 16.2 Å². The number of rotatable bonds is 3. The molecule has 0 fully saturated rings. The molecule has 19 heavy (non-hydrogen) atoms. The average molecular weight is 281 g/mol. The van der Waals surface area contributed by atoms with Gasteiger partial charge in [0.15, 0.2) is 15.5 Å². The van der Waals surface area contributed by atoms with E-state index in [1.54, 1.807) is 0 Å². The zero-order valence-electron chi connectivity index (χ0n) is 10.2. The van der Waals surface area contributed by atoms with Crippen LogP contribution >= 0.6 is 0 Å². The van der Waals surface area contributed by atoms with Gasteiger partial charge in [-0.05, 0) is 31.2 Å². The standard InChI is InChI=1S/C11H11N3O4S/c1-7-10(11(15)16)13-14(12-7)8-3-5-9(6-4-8)19(2,17)18/h3-6H,1-2H3,(H,15,16). The summed E-state index contributed by atoms with van der Waals surface area (Å²) in [6.07, 6.45) is 1.11. The molecule has 0 amide bonds. The molecule has 0 radical (unpaired) electrons. The van der Waals surface area contributed by atoms with Gasteiger partial charge in [0.05, 0.1) is 16.3 Å². The molecule has 100 valence electrons. The number of carbonyl (C=O) groups is 1. The monoisotopic (exact) mass is 281 g/mol. The van der Waals surface area contributed by atoms with E-state index in [2.05, 4.69) is 10.2 Å². The van der Waals surface area contributed by atoms with Gasteiger partial charge < -0.3 is 5.11 Å². The van der Waals surface area contributed by atoms with Gasteiger partial charge in [0, 0.05) is 6.26 Å². The van der Waals surface area contributed by atoms with E-state index in [0.717, 1.165) is 11.1 Å². The van der Waals surface area contributed by atoms with Crippen LogP contribution in [0.25, 0.3) is 5.69 Å². The first-order valence-electron chi connectivity index (χ1n) is 5.27. The SMILES string of the molecule is Cc1nn(-c2ccc(S(C)(=O)=O)cc2)nc1C(=O)O. The summed E-state index contributed by atoms with van der Waals surface area (Å²) < 4.78 is 22.6. The molecule has 1 aromatic carbocycles. The Labute approximate surface area is 109 Å². The molecular formula is C11H11N3O4S. The Hall–Kier alpha value is -2.22. The molecule has 0 unspecified atom stereocenters. The third-order valence-corrected chi connectivity index (χ3v) is 3.61. The maximum Gasteiger partial charge on any atom is 0.358 e. The predicted octanol–water partition coefficient (Wildman–Crippen LogP) is 0.677. The minimum absolute atomic E-state index is 0.132. The van der Waals surface area contributed by atoms with Crippen LogP contribution in [0.2, 0.25) is 0 Å². The second-order valence-corrected chi connectivity index (χ2v) is 6.01. The molecule has 0 aliphatic carbocycles. The van der Waals surface area contributed by atoms with E-state index < -0.39 is 15.8 Å². The van der Waals surface area contributed by atoms with Crippen LogP contribution < -0.4 is 0 Å². The Bertz CT molecular complexity index is 732. The van der Waals surface area contributed by atoms with E-state index in [9.17, 15) is 13.2 Å². The van der Waals surface area contributed by atoms with Crippen molar-refractivity contribution in [3.05, 3.63) is 35.7 Å². The molecule has 1 aromatic heterocycles. The van der Waals surface area contributed by atoms with Crippen molar-refractivity contribution < 1.29 is 18.3 Å². The van der Waals surface area contributed by atoms with Gasteiger partial charge in [0.25, 0.3) is 0 Å². The molecular weight excluding hydrogens is 270 g/mol. The number of sulfone groups is 1. The zero-order valence-corrected chi connectivity index (χ0v) is 11.0. The highest BCUT2D eigenvalue weighted by atomic mass is 32.2. The molecule has 0 aliphatic heterocycles. The number of aromatic carboxylic acids is 1. The van der Waals surface area contributed by atoms with Crippen LogP contribution in [0.15, 0.2) is 29.2 Å². The number of aromatic nitrogens is 3. The van der Waals surface area contributed by atoms with Crippen LogP contribution in [0, 0.1) is 6.92 Å². The molecule has 1 N–H and O–H groups in total. The van der Waals surface area contributed by atoms with Crippen LogP contribution in [-0.4, -0.2) is 40.7 Å². The van der Waals surface area contributed by atoms with Crippen molar-refractivity contribution in [3.8, 4) is 5.69 Å². The number of aryl methyl sites for hydroxylation is 1. The first-order chi connectivity index (χ1) is 8.79. The second kappa shape index (κ2) is 4.47. The number of hydrogen-bond donors (Lipinski definition) is 1. The van der Waals surface area contributed by atoms with E-state index >= 15 is 0 Å². The van der Waals surface area contributed by atoms with Gasteiger partial charge in [-0.2, -0.15) is 9.90 Å². The van der Waals surface area contributed by atoms with Crippen molar-refractivity contribution in [2.24, 2.45) is 0 Å². The van der Waals surface area contributed by atoms with E-state index in [1.807, 2.05) is 0 Å². The largest absolute Gasteiger partial charge is 0.476 e. The molecule has 1 heterocycles. The summed E-state index contributed by atoms with van der Waals surface area (Å²) in [7, 11) is -3.26. The fraction of sp³-hybridized carbons (Fsp3) is 0.182. The Morgan fingerprint density at radius 1 is 1.21 bits per heavy atom. The third kappa shape index (κ3) is 2.63. The Kier molecular flexibility index (Phi) is 3.11. The zero-order chi connectivity index (χ0) is 14.2. The molecule has 0 saturated heterocycles. The fourth-order valence-corrected chi connectivity index (χ4v) is 2.15. The highest BCUT2D eigenvalue weighted by Gasteiger charge is 2.15. The highest BCUT2D eigenvalue weighted by Crippen LogP contribution is 2.13. The quantitative estimate of drug-likeness (QED) is 0.887. The predicted molar refractivity (Wildman–Crippen MR) is 66.2 cm³/mol. The number of nitrogens with zero attached hydrogens (tertiary/aromatic N) is 3. The maximum absolute atomic E-state index is 11.3. The normalized spacial score (nSPS) is 11.5. The van der Waals surface area contributed by atoms with Crippen molar-refractivity contribution >= 4 is 15.8 Å². The summed E-state index contributed by atoms with van der Waals surface area (Å²) in [5.74, 6) is -1.16. The van der Waals surface area contributed by atoms with Crippen LogP contribution in [0.4, 0.5) is 0 Å². The lowest BCUT2D eigenvalue weighted by Gasteiger charge is -2.01. The van der Waals surface area contributed by atoms with Crippen LogP contribution in [0.3, 0.4) is 0 Å². The second-order valence-electron chi connectivity index (χ2n) is 3.99. The van der Waals surface area contributed by atoms with Crippen LogP contribution in [0.5, 0.6) is 0 Å². The van der Waals surface area contributed by atoms with Gasteiger partial charge in [0.2, 0.25) is 0 Å². The summed E-state index contributed by atoms with van der Waals surface area (Å²) in [6, 6.07) is 5.87. The van der Waals surface area contributed by atoms with E-state index in [-0.39, 0.29) is 10.6 Å². The van der Waals surface area contributed by atoms with Gasteiger partial charge in [-0.1, -0.05) is 0 Å². The Morgan fingerprint density at radius 3 is 2.21 bits per heavy atom. The number of carboxylic acids is 1.